The Hall–Kier alpha value is -3.46. The molecule has 1 heterocycles. The summed E-state index contributed by atoms with van der Waals surface area (Å²) >= 11 is 1.28. The molecule has 0 saturated heterocycles. The third-order valence-electron chi connectivity index (χ3n) is 4.00. The van der Waals surface area contributed by atoms with Gasteiger partial charge in [0.2, 0.25) is 5.91 Å². The number of benzene rings is 2. The van der Waals surface area contributed by atoms with Gasteiger partial charge >= 0.3 is 0 Å². The first-order valence-corrected chi connectivity index (χ1v) is 9.79. The first kappa shape index (κ1) is 20.3. The zero-order chi connectivity index (χ0) is 20.6. The summed E-state index contributed by atoms with van der Waals surface area (Å²) in [4.78, 5) is 22.4. The topological polar surface area (TPSA) is 103 Å². The van der Waals surface area contributed by atoms with Gasteiger partial charge in [-0.15, -0.1) is 16.8 Å². The van der Waals surface area contributed by atoms with Gasteiger partial charge in [0.1, 0.15) is 5.82 Å². The smallest absolute Gasteiger partial charge is 0.269 e. The lowest BCUT2D eigenvalue weighted by atomic mass is 10.1. The number of allylic oxidation sites excluding steroid dienone is 1. The van der Waals surface area contributed by atoms with Crippen LogP contribution in [0.1, 0.15) is 11.4 Å². The number of anilines is 1. The van der Waals surface area contributed by atoms with Crippen molar-refractivity contribution < 1.29 is 9.72 Å². The number of hydrogen-bond acceptors (Lipinski definition) is 6. The van der Waals surface area contributed by atoms with Crippen LogP contribution in [0.4, 0.5) is 11.4 Å². The SMILES string of the molecule is C=CCn1c(Cc2ccccc2)nnc1SCC(=O)Nc1ccc([N+](=O)[O-])cc1. The molecule has 0 unspecified atom stereocenters. The largest absolute Gasteiger partial charge is 0.325 e. The molecule has 8 nitrogen and oxygen atoms in total. The van der Waals surface area contributed by atoms with Crippen molar-refractivity contribution in [3.63, 3.8) is 0 Å². The Kier molecular flexibility index (Phi) is 6.75. The van der Waals surface area contributed by atoms with E-state index in [0.29, 0.717) is 23.8 Å². The van der Waals surface area contributed by atoms with E-state index in [1.54, 1.807) is 6.08 Å². The molecule has 1 aromatic heterocycles. The molecule has 1 amide bonds. The number of carbonyl (C=O) groups is 1. The maximum atomic E-state index is 12.2. The average molecular weight is 409 g/mol. The number of nitro groups is 1. The number of carbonyl (C=O) groups excluding carboxylic acids is 1. The first-order chi connectivity index (χ1) is 14.1. The number of nitrogens with one attached hydrogen (secondary N) is 1. The maximum absolute atomic E-state index is 12.2. The Balaban J connectivity index is 1.62. The summed E-state index contributed by atoms with van der Waals surface area (Å²) in [5.41, 5.74) is 1.59. The van der Waals surface area contributed by atoms with Gasteiger partial charge in [-0.2, -0.15) is 0 Å². The highest BCUT2D eigenvalue weighted by Crippen LogP contribution is 2.20. The van der Waals surface area contributed by atoms with E-state index in [9.17, 15) is 14.9 Å². The summed E-state index contributed by atoms with van der Waals surface area (Å²) in [5.74, 6) is 0.702. The molecule has 3 rings (SSSR count). The highest BCUT2D eigenvalue weighted by molar-refractivity contribution is 7.99. The van der Waals surface area contributed by atoms with E-state index < -0.39 is 4.92 Å². The molecular formula is C20H19N5O3S. The van der Waals surface area contributed by atoms with Gasteiger partial charge in [0, 0.05) is 30.8 Å². The number of thioether (sulfide) groups is 1. The normalized spacial score (nSPS) is 10.5. The van der Waals surface area contributed by atoms with Crippen molar-refractivity contribution in [3.05, 3.63) is 88.8 Å². The number of aromatic nitrogens is 3. The van der Waals surface area contributed by atoms with Crippen LogP contribution in [-0.4, -0.2) is 31.3 Å². The number of amides is 1. The molecule has 0 aliphatic rings. The molecule has 0 aliphatic carbocycles. The summed E-state index contributed by atoms with van der Waals surface area (Å²) in [6.45, 7) is 4.33. The average Bonchev–Trinajstić information content (AvgIpc) is 3.09. The van der Waals surface area contributed by atoms with Crippen molar-refractivity contribution >= 4 is 29.0 Å². The molecule has 0 spiro atoms. The molecular weight excluding hydrogens is 390 g/mol. The first-order valence-electron chi connectivity index (χ1n) is 8.81. The predicted octanol–water partition coefficient (Wildman–Crippen LogP) is 3.69. The minimum Gasteiger partial charge on any atom is -0.325 e. The standard InChI is InChI=1S/C20H19N5O3S/c1-2-12-24-18(13-15-6-4-3-5-7-15)22-23-20(24)29-14-19(26)21-16-8-10-17(11-9-16)25(27)28/h2-11H,1,12-14H2,(H,21,26). The summed E-state index contributed by atoms with van der Waals surface area (Å²) in [5, 5.41) is 22.5. The van der Waals surface area contributed by atoms with Gasteiger partial charge in [0.05, 0.1) is 10.7 Å². The van der Waals surface area contributed by atoms with Gasteiger partial charge in [-0.25, -0.2) is 0 Å². The van der Waals surface area contributed by atoms with E-state index in [4.69, 9.17) is 0 Å². The number of hydrogen-bond donors (Lipinski definition) is 1. The third kappa shape index (κ3) is 5.52. The lowest BCUT2D eigenvalue weighted by Gasteiger charge is -2.08. The van der Waals surface area contributed by atoms with Crippen molar-refractivity contribution in [2.24, 2.45) is 0 Å². The second-order valence-corrected chi connectivity index (χ2v) is 7.04. The molecule has 0 bridgehead atoms. The van der Waals surface area contributed by atoms with Crippen molar-refractivity contribution in [1.29, 1.82) is 0 Å². The maximum Gasteiger partial charge on any atom is 0.269 e. The summed E-state index contributed by atoms with van der Waals surface area (Å²) < 4.78 is 1.93. The van der Waals surface area contributed by atoms with Crippen LogP contribution in [-0.2, 0) is 17.8 Å². The molecule has 9 heteroatoms. The number of non-ortho nitro benzene ring substituents is 1. The molecule has 3 aromatic rings. The Morgan fingerprint density at radius 1 is 1.17 bits per heavy atom. The van der Waals surface area contributed by atoms with Crippen molar-refractivity contribution in [1.82, 2.24) is 14.8 Å². The molecule has 148 valence electrons. The molecule has 0 saturated carbocycles. The van der Waals surface area contributed by atoms with Crippen LogP contribution in [0.25, 0.3) is 0 Å². The quantitative estimate of drug-likeness (QED) is 0.250. The van der Waals surface area contributed by atoms with Crippen LogP contribution in [0.3, 0.4) is 0 Å². The fourth-order valence-corrected chi connectivity index (χ4v) is 3.41. The summed E-state index contributed by atoms with van der Waals surface area (Å²) in [6, 6.07) is 15.7. The highest BCUT2D eigenvalue weighted by atomic mass is 32.2. The van der Waals surface area contributed by atoms with Gasteiger partial charge in [0.25, 0.3) is 5.69 Å². The summed E-state index contributed by atoms with van der Waals surface area (Å²) in [6.07, 6.45) is 2.40. The number of nitro benzene ring substituents is 1. The molecule has 29 heavy (non-hydrogen) atoms. The molecule has 0 atom stereocenters. The van der Waals surface area contributed by atoms with Gasteiger partial charge in [-0.1, -0.05) is 48.2 Å². The van der Waals surface area contributed by atoms with E-state index in [-0.39, 0.29) is 17.3 Å². The van der Waals surface area contributed by atoms with Gasteiger partial charge in [-0.05, 0) is 17.7 Å². The van der Waals surface area contributed by atoms with Crippen molar-refractivity contribution in [2.45, 2.75) is 18.1 Å². The number of rotatable bonds is 9. The fourth-order valence-electron chi connectivity index (χ4n) is 2.64. The molecule has 0 aliphatic heterocycles. The Bertz CT molecular complexity index is 1000. The van der Waals surface area contributed by atoms with Gasteiger partial charge in [0.15, 0.2) is 5.16 Å². The van der Waals surface area contributed by atoms with E-state index in [1.165, 1.54) is 36.0 Å². The Morgan fingerprint density at radius 2 is 1.90 bits per heavy atom. The second kappa shape index (κ2) is 9.65. The third-order valence-corrected chi connectivity index (χ3v) is 4.97. The van der Waals surface area contributed by atoms with Crippen LogP contribution >= 0.6 is 11.8 Å². The lowest BCUT2D eigenvalue weighted by Crippen LogP contribution is -2.14. The fraction of sp³-hybridized carbons (Fsp3) is 0.150. The van der Waals surface area contributed by atoms with Crippen molar-refractivity contribution in [3.8, 4) is 0 Å². The van der Waals surface area contributed by atoms with E-state index in [2.05, 4.69) is 22.1 Å². The highest BCUT2D eigenvalue weighted by Gasteiger charge is 2.14. The van der Waals surface area contributed by atoms with Crippen LogP contribution < -0.4 is 5.32 Å². The molecule has 2 aromatic carbocycles. The summed E-state index contributed by atoms with van der Waals surface area (Å²) in [7, 11) is 0. The Morgan fingerprint density at radius 3 is 2.55 bits per heavy atom. The molecule has 0 radical (unpaired) electrons. The van der Waals surface area contributed by atoms with E-state index in [0.717, 1.165) is 11.4 Å². The van der Waals surface area contributed by atoms with Crippen LogP contribution in [0.2, 0.25) is 0 Å². The second-order valence-electron chi connectivity index (χ2n) is 6.10. The minimum atomic E-state index is -0.485. The van der Waals surface area contributed by atoms with Crippen molar-refractivity contribution in [2.75, 3.05) is 11.1 Å². The lowest BCUT2D eigenvalue weighted by molar-refractivity contribution is -0.384. The monoisotopic (exact) mass is 409 g/mol. The zero-order valence-corrected chi connectivity index (χ0v) is 16.3. The van der Waals surface area contributed by atoms with Crippen LogP contribution in [0.5, 0.6) is 0 Å². The predicted molar refractivity (Wildman–Crippen MR) is 112 cm³/mol. The van der Waals surface area contributed by atoms with Crippen LogP contribution in [0, 0.1) is 10.1 Å². The van der Waals surface area contributed by atoms with Crippen LogP contribution in [0.15, 0.2) is 72.4 Å². The number of nitrogens with zero attached hydrogens (tertiary/aromatic N) is 4. The van der Waals surface area contributed by atoms with Gasteiger partial charge in [-0.3, -0.25) is 14.9 Å². The minimum absolute atomic E-state index is 0.0270. The van der Waals surface area contributed by atoms with Gasteiger partial charge < -0.3 is 9.88 Å². The zero-order valence-electron chi connectivity index (χ0n) is 15.5. The Labute approximate surface area is 171 Å². The van der Waals surface area contributed by atoms with E-state index in [1.807, 2.05) is 34.9 Å². The molecule has 1 N–H and O–H groups in total. The molecule has 0 fully saturated rings. The van der Waals surface area contributed by atoms with E-state index >= 15 is 0 Å².